The Balaban J connectivity index is 2.45. The highest BCUT2D eigenvalue weighted by Crippen LogP contribution is 2.33. The van der Waals surface area contributed by atoms with Gasteiger partial charge in [-0.25, -0.2) is 4.98 Å². The predicted octanol–water partition coefficient (Wildman–Crippen LogP) is 1.17. The van der Waals surface area contributed by atoms with Gasteiger partial charge in [0, 0.05) is 12.1 Å². The molecule has 7 nitrogen and oxygen atoms in total. The molecule has 0 aliphatic carbocycles. The van der Waals surface area contributed by atoms with E-state index in [0.717, 1.165) is 10.7 Å². The van der Waals surface area contributed by atoms with Crippen LogP contribution in [0.5, 0.6) is 0 Å². The van der Waals surface area contributed by atoms with Gasteiger partial charge < -0.3 is 16.5 Å². The van der Waals surface area contributed by atoms with Gasteiger partial charge >= 0.3 is 0 Å². The zero-order chi connectivity index (χ0) is 14.2. The van der Waals surface area contributed by atoms with Crippen molar-refractivity contribution in [3.8, 4) is 0 Å². The first-order chi connectivity index (χ1) is 8.88. The van der Waals surface area contributed by atoms with Crippen molar-refractivity contribution in [1.29, 1.82) is 0 Å². The summed E-state index contributed by atoms with van der Waals surface area (Å²) in [5.41, 5.74) is 12.6. The summed E-state index contributed by atoms with van der Waals surface area (Å²) in [6.07, 6.45) is 0. The Morgan fingerprint density at radius 1 is 1.42 bits per heavy atom. The van der Waals surface area contributed by atoms with E-state index < -0.39 is 0 Å². The molecule has 2 aromatic heterocycles. The van der Waals surface area contributed by atoms with Crippen LogP contribution < -0.4 is 17.0 Å². The maximum atomic E-state index is 11.4. The molecular weight excluding hydrogens is 264 g/mol. The Hall–Kier alpha value is -1.96. The summed E-state index contributed by atoms with van der Waals surface area (Å²) in [6, 6.07) is 1.39. The molecular formula is C11H16N6OS. The summed E-state index contributed by atoms with van der Waals surface area (Å²) in [5, 5.41) is 5.52. The SMILES string of the molecule is Cc1nn(C(C)C)c(Sc2nc(N)cc(=O)[nH]2)c1N. The van der Waals surface area contributed by atoms with Gasteiger partial charge in [0.15, 0.2) is 5.16 Å². The van der Waals surface area contributed by atoms with E-state index in [1.54, 1.807) is 4.68 Å². The lowest BCUT2D eigenvalue weighted by molar-refractivity contribution is 0.491. The van der Waals surface area contributed by atoms with Gasteiger partial charge in [-0.15, -0.1) is 0 Å². The number of aryl methyl sites for hydroxylation is 1. The number of nitrogens with one attached hydrogen (secondary N) is 1. The van der Waals surface area contributed by atoms with E-state index >= 15 is 0 Å². The van der Waals surface area contributed by atoms with Crippen LogP contribution in [0.4, 0.5) is 11.5 Å². The lowest BCUT2D eigenvalue weighted by Gasteiger charge is -2.10. The van der Waals surface area contributed by atoms with E-state index in [1.807, 2.05) is 20.8 Å². The van der Waals surface area contributed by atoms with Crippen molar-refractivity contribution in [3.63, 3.8) is 0 Å². The molecule has 0 atom stereocenters. The third-order valence-corrected chi connectivity index (χ3v) is 3.50. The Morgan fingerprint density at radius 3 is 2.68 bits per heavy atom. The number of aromatic nitrogens is 4. The van der Waals surface area contributed by atoms with Gasteiger partial charge in [0.2, 0.25) is 0 Å². The number of hydrogen-bond acceptors (Lipinski definition) is 6. The van der Waals surface area contributed by atoms with Gasteiger partial charge in [0.1, 0.15) is 10.8 Å². The lowest BCUT2D eigenvalue weighted by atomic mass is 10.4. The number of hydrogen-bond donors (Lipinski definition) is 3. The number of rotatable bonds is 3. The third kappa shape index (κ3) is 2.73. The molecule has 8 heteroatoms. The van der Waals surface area contributed by atoms with Gasteiger partial charge in [0.25, 0.3) is 5.56 Å². The fourth-order valence-electron chi connectivity index (χ4n) is 1.58. The Labute approximate surface area is 114 Å². The van der Waals surface area contributed by atoms with Crippen molar-refractivity contribution in [1.82, 2.24) is 19.7 Å². The maximum absolute atomic E-state index is 11.4. The number of nitrogen functional groups attached to an aromatic ring is 2. The molecule has 0 aromatic carbocycles. The first kappa shape index (κ1) is 13.5. The minimum absolute atomic E-state index is 0.159. The van der Waals surface area contributed by atoms with E-state index in [4.69, 9.17) is 11.5 Å². The molecule has 0 saturated carbocycles. The van der Waals surface area contributed by atoms with Crippen LogP contribution in [0.15, 0.2) is 21.0 Å². The topological polar surface area (TPSA) is 116 Å². The highest BCUT2D eigenvalue weighted by molar-refractivity contribution is 7.99. The summed E-state index contributed by atoms with van der Waals surface area (Å²) < 4.78 is 1.80. The van der Waals surface area contributed by atoms with E-state index in [-0.39, 0.29) is 17.4 Å². The van der Waals surface area contributed by atoms with E-state index in [0.29, 0.717) is 10.8 Å². The van der Waals surface area contributed by atoms with Crippen LogP contribution in [-0.4, -0.2) is 19.7 Å². The van der Waals surface area contributed by atoms with Crippen molar-refractivity contribution in [2.24, 2.45) is 0 Å². The Morgan fingerprint density at radius 2 is 2.11 bits per heavy atom. The highest BCUT2D eigenvalue weighted by atomic mass is 32.2. The number of H-pyrrole nitrogens is 1. The molecule has 102 valence electrons. The van der Waals surface area contributed by atoms with E-state index in [2.05, 4.69) is 15.1 Å². The molecule has 0 fully saturated rings. The standard InChI is InChI=1S/C11H16N6OS/c1-5(2)17-10(9(13)6(3)16-17)19-11-14-7(12)4-8(18)15-11/h4-5H,13H2,1-3H3,(H3,12,14,15,18). The summed E-state index contributed by atoms with van der Waals surface area (Å²) in [6.45, 7) is 5.85. The number of nitrogens with two attached hydrogens (primary N) is 2. The highest BCUT2D eigenvalue weighted by Gasteiger charge is 2.17. The third-order valence-electron chi connectivity index (χ3n) is 2.51. The molecule has 0 bridgehead atoms. The molecule has 0 radical (unpaired) electrons. The average molecular weight is 280 g/mol. The van der Waals surface area contributed by atoms with Gasteiger partial charge in [0.05, 0.1) is 11.4 Å². The van der Waals surface area contributed by atoms with Crippen LogP contribution in [0.2, 0.25) is 0 Å². The summed E-state index contributed by atoms with van der Waals surface area (Å²) in [7, 11) is 0. The number of anilines is 2. The number of aromatic amines is 1. The lowest BCUT2D eigenvalue weighted by Crippen LogP contribution is -2.10. The zero-order valence-electron chi connectivity index (χ0n) is 11.0. The van der Waals surface area contributed by atoms with Crippen molar-refractivity contribution < 1.29 is 0 Å². The largest absolute Gasteiger partial charge is 0.395 e. The van der Waals surface area contributed by atoms with E-state index in [1.165, 1.54) is 17.8 Å². The second-order valence-corrected chi connectivity index (χ2v) is 5.40. The van der Waals surface area contributed by atoms with Crippen LogP contribution >= 0.6 is 11.8 Å². The summed E-state index contributed by atoms with van der Waals surface area (Å²) >= 11 is 1.25. The molecule has 19 heavy (non-hydrogen) atoms. The molecule has 0 saturated heterocycles. The van der Waals surface area contributed by atoms with Crippen LogP contribution in [0, 0.1) is 6.92 Å². The quantitative estimate of drug-likeness (QED) is 0.727. The zero-order valence-corrected chi connectivity index (χ0v) is 11.8. The average Bonchev–Trinajstić information content (AvgIpc) is 2.56. The van der Waals surface area contributed by atoms with Crippen LogP contribution in [0.25, 0.3) is 0 Å². The molecule has 2 aromatic rings. The van der Waals surface area contributed by atoms with Gasteiger partial charge in [-0.1, -0.05) is 0 Å². The molecule has 0 spiro atoms. The van der Waals surface area contributed by atoms with Crippen LogP contribution in [0.3, 0.4) is 0 Å². The minimum atomic E-state index is -0.291. The molecule has 0 aliphatic rings. The minimum Gasteiger partial charge on any atom is -0.395 e. The smallest absolute Gasteiger partial charge is 0.253 e. The molecule has 2 heterocycles. The predicted molar refractivity (Wildman–Crippen MR) is 75.2 cm³/mol. The van der Waals surface area contributed by atoms with Gasteiger partial charge in [-0.2, -0.15) is 5.10 Å². The summed E-state index contributed by atoms with van der Waals surface area (Å²) in [5.74, 6) is 0.178. The molecule has 0 amide bonds. The van der Waals surface area contributed by atoms with Crippen LogP contribution in [-0.2, 0) is 0 Å². The number of nitrogens with zero attached hydrogens (tertiary/aromatic N) is 3. The van der Waals surface area contributed by atoms with Gasteiger partial charge in [-0.05, 0) is 32.5 Å². The second kappa shape index (κ2) is 4.96. The molecule has 5 N–H and O–H groups in total. The van der Waals surface area contributed by atoms with Crippen LogP contribution in [0.1, 0.15) is 25.6 Å². The fraction of sp³-hybridized carbons (Fsp3) is 0.364. The normalized spacial score (nSPS) is 11.2. The Bertz CT molecular complexity index is 660. The second-order valence-electron chi connectivity index (χ2n) is 4.42. The molecule has 2 rings (SSSR count). The monoisotopic (exact) mass is 280 g/mol. The van der Waals surface area contributed by atoms with Crippen molar-refractivity contribution in [3.05, 3.63) is 22.1 Å². The van der Waals surface area contributed by atoms with Crippen molar-refractivity contribution in [2.45, 2.75) is 37.0 Å². The fourth-order valence-corrected chi connectivity index (χ4v) is 2.67. The maximum Gasteiger partial charge on any atom is 0.253 e. The Kier molecular flexibility index (Phi) is 3.52. The van der Waals surface area contributed by atoms with E-state index in [9.17, 15) is 4.79 Å². The first-order valence-electron chi connectivity index (χ1n) is 5.77. The molecule has 0 unspecified atom stereocenters. The van der Waals surface area contributed by atoms with Crippen molar-refractivity contribution in [2.75, 3.05) is 11.5 Å². The first-order valence-corrected chi connectivity index (χ1v) is 6.59. The van der Waals surface area contributed by atoms with Crippen molar-refractivity contribution >= 4 is 23.3 Å². The molecule has 0 aliphatic heterocycles. The summed E-state index contributed by atoms with van der Waals surface area (Å²) in [4.78, 5) is 18.1. The van der Waals surface area contributed by atoms with Gasteiger partial charge in [-0.3, -0.25) is 9.48 Å².